The molecule has 106 valence electrons. The van der Waals surface area contributed by atoms with Crippen LogP contribution < -0.4 is 4.72 Å². The summed E-state index contributed by atoms with van der Waals surface area (Å²) in [5.41, 5.74) is 1.08. The number of halogens is 1. The van der Waals surface area contributed by atoms with Gasteiger partial charge in [-0.2, -0.15) is 4.98 Å². The fourth-order valence-electron chi connectivity index (χ4n) is 1.41. The number of carboxylic acid groups (broad SMARTS) is 1. The Morgan fingerprint density at radius 3 is 2.60 bits per heavy atom. The molecule has 0 spiro atoms. The zero-order valence-electron chi connectivity index (χ0n) is 9.91. The van der Waals surface area contributed by atoms with Crippen LogP contribution in [0.5, 0.6) is 0 Å². The molecule has 2 aromatic rings. The lowest BCUT2D eigenvalue weighted by molar-refractivity contribution is -0.134. The molecular weight excluding hydrogens is 308 g/mol. The molecule has 9 heteroatoms. The summed E-state index contributed by atoms with van der Waals surface area (Å²) in [5.74, 6) is -2.53. The normalized spacial score (nSPS) is 11.2. The summed E-state index contributed by atoms with van der Waals surface area (Å²) in [4.78, 5) is 14.3. The lowest BCUT2D eigenvalue weighted by Crippen LogP contribution is -2.22. The van der Waals surface area contributed by atoms with Gasteiger partial charge in [0.25, 0.3) is 0 Å². The third kappa shape index (κ3) is 3.72. The van der Waals surface area contributed by atoms with Gasteiger partial charge in [0.1, 0.15) is 12.0 Å². The molecule has 20 heavy (non-hydrogen) atoms. The Morgan fingerprint density at radius 2 is 2.00 bits per heavy atom. The maximum Gasteiger partial charge on any atom is 0.320 e. The highest BCUT2D eigenvalue weighted by molar-refractivity contribution is 7.93. The maximum absolute atomic E-state index is 11.4. The van der Waals surface area contributed by atoms with E-state index >= 15 is 0 Å². The van der Waals surface area contributed by atoms with Crippen LogP contribution in [0.25, 0.3) is 11.3 Å². The molecule has 0 saturated heterocycles. The summed E-state index contributed by atoms with van der Waals surface area (Å²) in [7, 11) is -4.04. The van der Waals surface area contributed by atoms with E-state index in [4.69, 9.17) is 21.1 Å². The van der Waals surface area contributed by atoms with Crippen molar-refractivity contribution in [2.45, 2.75) is 0 Å². The smallest absolute Gasteiger partial charge is 0.320 e. The molecule has 0 atom stereocenters. The van der Waals surface area contributed by atoms with E-state index in [1.54, 1.807) is 24.3 Å². The van der Waals surface area contributed by atoms with Gasteiger partial charge in [0.2, 0.25) is 10.0 Å². The quantitative estimate of drug-likeness (QED) is 0.870. The predicted molar refractivity (Wildman–Crippen MR) is 72.0 cm³/mol. The van der Waals surface area contributed by atoms with E-state index in [2.05, 4.69) is 4.98 Å². The molecule has 0 aliphatic rings. The van der Waals surface area contributed by atoms with Crippen molar-refractivity contribution >= 4 is 33.6 Å². The van der Waals surface area contributed by atoms with Crippen LogP contribution in [-0.4, -0.2) is 30.2 Å². The Kier molecular flexibility index (Phi) is 3.96. The van der Waals surface area contributed by atoms with E-state index in [0.29, 0.717) is 16.3 Å². The van der Waals surface area contributed by atoms with Crippen LogP contribution in [0.3, 0.4) is 0 Å². The Hall–Kier alpha value is -2.06. The highest BCUT2D eigenvalue weighted by Crippen LogP contribution is 2.22. The molecule has 7 nitrogen and oxygen atoms in total. The molecule has 0 aliphatic carbocycles. The van der Waals surface area contributed by atoms with Gasteiger partial charge in [-0.15, -0.1) is 0 Å². The van der Waals surface area contributed by atoms with E-state index in [1.165, 1.54) is 6.26 Å². The minimum atomic E-state index is -4.04. The summed E-state index contributed by atoms with van der Waals surface area (Å²) in [6.45, 7) is 0. The van der Waals surface area contributed by atoms with Gasteiger partial charge in [-0.25, -0.2) is 13.1 Å². The van der Waals surface area contributed by atoms with Crippen LogP contribution in [0, 0.1) is 0 Å². The summed E-state index contributed by atoms with van der Waals surface area (Å²) in [5, 5.41) is 9.01. The largest absolute Gasteiger partial charge is 0.480 e. The molecule has 0 radical (unpaired) electrons. The topological polar surface area (TPSA) is 110 Å². The van der Waals surface area contributed by atoms with Crippen molar-refractivity contribution < 1.29 is 22.7 Å². The number of carbonyl (C=O) groups is 1. The van der Waals surface area contributed by atoms with Crippen LogP contribution in [0.15, 0.2) is 34.9 Å². The number of hydrogen-bond acceptors (Lipinski definition) is 5. The second-order valence-corrected chi connectivity index (χ2v) is 5.96. The molecule has 2 N–H and O–H groups in total. The molecule has 0 amide bonds. The van der Waals surface area contributed by atoms with Crippen LogP contribution in [0.2, 0.25) is 5.02 Å². The molecule has 0 bridgehead atoms. The van der Waals surface area contributed by atoms with Crippen molar-refractivity contribution in [2.24, 2.45) is 0 Å². The third-order valence-electron chi connectivity index (χ3n) is 2.20. The van der Waals surface area contributed by atoms with Gasteiger partial charge in [-0.3, -0.25) is 4.79 Å². The van der Waals surface area contributed by atoms with Crippen molar-refractivity contribution in [1.82, 2.24) is 4.98 Å². The number of benzene rings is 1. The number of oxazole rings is 1. The Bertz CT molecular complexity index is 724. The monoisotopic (exact) mass is 316 g/mol. The van der Waals surface area contributed by atoms with Gasteiger partial charge in [0.05, 0.1) is 0 Å². The van der Waals surface area contributed by atoms with Gasteiger partial charge in [0.15, 0.2) is 5.75 Å². The lowest BCUT2D eigenvalue weighted by atomic mass is 10.2. The van der Waals surface area contributed by atoms with Crippen LogP contribution >= 0.6 is 11.6 Å². The molecule has 2 rings (SSSR count). The number of sulfonamides is 1. The van der Waals surface area contributed by atoms with E-state index < -0.39 is 21.7 Å². The van der Waals surface area contributed by atoms with Gasteiger partial charge >= 0.3 is 12.0 Å². The van der Waals surface area contributed by atoms with Gasteiger partial charge in [0, 0.05) is 10.6 Å². The molecule has 1 aromatic heterocycles. The first kappa shape index (κ1) is 14.4. The summed E-state index contributed by atoms with van der Waals surface area (Å²) in [6.07, 6.45) is 1.25. The highest BCUT2D eigenvalue weighted by atomic mass is 35.5. The van der Waals surface area contributed by atoms with Gasteiger partial charge in [-0.05, 0) is 12.1 Å². The van der Waals surface area contributed by atoms with Crippen molar-refractivity contribution in [3.05, 3.63) is 35.6 Å². The number of anilines is 1. The number of hydrogen-bond donors (Lipinski definition) is 2. The number of aliphatic carboxylic acids is 1. The minimum absolute atomic E-state index is 0.295. The molecular formula is C11H9ClN2O5S. The number of carboxylic acids is 1. The van der Waals surface area contributed by atoms with Crippen molar-refractivity contribution in [3.63, 3.8) is 0 Å². The third-order valence-corrected chi connectivity index (χ3v) is 3.57. The van der Waals surface area contributed by atoms with E-state index in [9.17, 15) is 13.2 Å². The Morgan fingerprint density at radius 1 is 1.35 bits per heavy atom. The van der Waals surface area contributed by atoms with E-state index in [-0.39, 0.29) is 6.01 Å². The zero-order valence-corrected chi connectivity index (χ0v) is 11.5. The summed E-state index contributed by atoms with van der Waals surface area (Å²) in [6, 6.07) is 6.39. The van der Waals surface area contributed by atoms with Crippen molar-refractivity contribution in [1.29, 1.82) is 0 Å². The van der Waals surface area contributed by atoms with Crippen LogP contribution in [-0.2, 0) is 14.8 Å². The number of aromatic nitrogens is 1. The average molecular weight is 317 g/mol. The van der Waals surface area contributed by atoms with E-state index in [0.717, 1.165) is 0 Å². The first-order valence-electron chi connectivity index (χ1n) is 5.29. The summed E-state index contributed by atoms with van der Waals surface area (Å²) < 4.78 is 29.7. The molecule has 0 fully saturated rings. The van der Waals surface area contributed by atoms with Gasteiger partial charge in [-0.1, -0.05) is 23.7 Å². The van der Waals surface area contributed by atoms with E-state index in [1.807, 2.05) is 4.72 Å². The SMILES string of the molecule is O=C(O)CS(=O)(=O)Nc1nc(-c2ccc(Cl)cc2)co1. The molecule has 1 heterocycles. The second kappa shape index (κ2) is 5.51. The standard InChI is InChI=1S/C11H9ClN2O5S/c12-8-3-1-7(2-4-8)9-5-19-11(13-9)14-20(17,18)6-10(15)16/h1-5H,6H2,(H,13,14)(H,15,16). The first-order valence-corrected chi connectivity index (χ1v) is 7.32. The fourth-order valence-corrected chi connectivity index (χ4v) is 2.29. The number of rotatable bonds is 5. The Balaban J connectivity index is 2.17. The predicted octanol–water partition coefficient (Wildman–Crippen LogP) is 1.82. The van der Waals surface area contributed by atoms with Gasteiger partial charge < -0.3 is 9.52 Å². The summed E-state index contributed by atoms with van der Waals surface area (Å²) >= 11 is 5.75. The first-order chi connectivity index (χ1) is 9.35. The lowest BCUT2D eigenvalue weighted by Gasteiger charge is -2.00. The molecule has 0 unspecified atom stereocenters. The number of nitrogens with zero attached hydrogens (tertiary/aromatic N) is 1. The zero-order chi connectivity index (χ0) is 14.8. The maximum atomic E-state index is 11.4. The average Bonchev–Trinajstić information content (AvgIpc) is 2.75. The Labute approximate surface area is 119 Å². The van der Waals surface area contributed by atoms with Crippen molar-refractivity contribution in [2.75, 3.05) is 10.5 Å². The van der Waals surface area contributed by atoms with Crippen LogP contribution in [0.4, 0.5) is 6.01 Å². The highest BCUT2D eigenvalue weighted by Gasteiger charge is 2.18. The number of nitrogens with one attached hydrogen (secondary N) is 1. The molecule has 0 aliphatic heterocycles. The second-order valence-electron chi connectivity index (χ2n) is 3.80. The molecule has 0 saturated carbocycles. The fraction of sp³-hybridized carbons (Fsp3) is 0.0909. The van der Waals surface area contributed by atoms with Crippen molar-refractivity contribution in [3.8, 4) is 11.3 Å². The van der Waals surface area contributed by atoms with Crippen LogP contribution in [0.1, 0.15) is 0 Å². The molecule has 1 aromatic carbocycles. The minimum Gasteiger partial charge on any atom is -0.480 e.